The molecule has 33 heavy (non-hydrogen) atoms. The summed E-state index contributed by atoms with van der Waals surface area (Å²) in [5.41, 5.74) is 6.66. The molecule has 0 aliphatic carbocycles. The predicted molar refractivity (Wildman–Crippen MR) is 139 cm³/mol. The van der Waals surface area contributed by atoms with E-state index in [9.17, 15) is 0 Å². The average Bonchev–Trinajstić information content (AvgIpc) is 3.19. The highest BCUT2D eigenvalue weighted by Crippen LogP contribution is 2.31. The summed E-state index contributed by atoms with van der Waals surface area (Å²) in [6.45, 7) is 3.28. The largest absolute Gasteiger partial charge is 0.497 e. The number of unbranched alkanes of at least 4 members (excludes halogenated alkanes) is 1. The molecule has 0 spiro atoms. The number of ether oxygens (including phenoxy) is 1. The molecular formula is C30H28N2O. The van der Waals surface area contributed by atoms with Gasteiger partial charge in [0.1, 0.15) is 5.75 Å². The molecule has 0 radical (unpaired) electrons. The smallest absolute Gasteiger partial charge is 0.119 e. The minimum Gasteiger partial charge on any atom is -0.497 e. The lowest BCUT2D eigenvalue weighted by Crippen LogP contribution is -2.03. The average molecular weight is 433 g/mol. The van der Waals surface area contributed by atoms with E-state index in [1.54, 1.807) is 7.11 Å². The quantitative estimate of drug-likeness (QED) is 0.241. The molecule has 0 saturated heterocycles. The third-order valence-corrected chi connectivity index (χ3v) is 6.14. The number of aryl methyl sites for hydroxylation is 1. The van der Waals surface area contributed by atoms with Crippen molar-refractivity contribution >= 4 is 33.2 Å². The third kappa shape index (κ3) is 4.14. The van der Waals surface area contributed by atoms with E-state index in [0.717, 1.165) is 34.8 Å². The van der Waals surface area contributed by atoms with E-state index in [1.165, 1.54) is 34.6 Å². The number of hydrogen-bond acceptors (Lipinski definition) is 2. The maximum atomic E-state index is 5.31. The van der Waals surface area contributed by atoms with E-state index in [-0.39, 0.29) is 0 Å². The van der Waals surface area contributed by atoms with Gasteiger partial charge in [-0.3, -0.25) is 0 Å². The number of nitrogens with zero attached hydrogens (tertiary/aromatic N) is 2. The van der Waals surface area contributed by atoms with E-state index in [1.807, 2.05) is 30.3 Å². The molecular weight excluding hydrogens is 404 g/mol. The Morgan fingerprint density at radius 1 is 0.758 bits per heavy atom. The molecule has 1 heterocycles. The van der Waals surface area contributed by atoms with Crippen molar-refractivity contribution in [2.75, 3.05) is 7.11 Å². The molecule has 5 aromatic rings. The minimum atomic E-state index is 0.830. The topological polar surface area (TPSA) is 26.5 Å². The third-order valence-electron chi connectivity index (χ3n) is 6.14. The Balaban J connectivity index is 1.69. The summed E-state index contributed by atoms with van der Waals surface area (Å²) >= 11 is 0. The Morgan fingerprint density at radius 3 is 2.24 bits per heavy atom. The Labute approximate surface area is 195 Å². The Bertz CT molecular complexity index is 1410. The van der Waals surface area contributed by atoms with Gasteiger partial charge in [-0.15, -0.1) is 0 Å². The molecule has 3 heteroatoms. The van der Waals surface area contributed by atoms with Gasteiger partial charge >= 0.3 is 0 Å². The molecule has 0 aliphatic rings. The fraction of sp³-hybridized carbons (Fsp3) is 0.167. The van der Waals surface area contributed by atoms with Gasteiger partial charge in [0.05, 0.1) is 18.5 Å². The van der Waals surface area contributed by atoms with E-state index >= 15 is 0 Å². The predicted octanol–water partition coefficient (Wildman–Crippen LogP) is 7.77. The maximum absolute atomic E-state index is 5.31. The molecule has 0 unspecified atom stereocenters. The molecule has 0 atom stereocenters. The summed E-state index contributed by atoms with van der Waals surface area (Å²) in [5.74, 6) is 0.830. The van der Waals surface area contributed by atoms with Crippen LogP contribution < -0.4 is 4.74 Å². The minimum absolute atomic E-state index is 0.830. The van der Waals surface area contributed by atoms with Crippen LogP contribution in [0.3, 0.4) is 0 Å². The molecule has 5 rings (SSSR count). The molecule has 1 aromatic heterocycles. The summed E-state index contributed by atoms with van der Waals surface area (Å²) in [4.78, 5) is 5.07. The zero-order chi connectivity index (χ0) is 22.6. The van der Waals surface area contributed by atoms with Crippen LogP contribution in [0.2, 0.25) is 0 Å². The molecule has 3 nitrogen and oxygen atoms in total. The van der Waals surface area contributed by atoms with Crippen LogP contribution in [0.5, 0.6) is 5.75 Å². The van der Waals surface area contributed by atoms with Crippen molar-refractivity contribution in [2.24, 2.45) is 4.99 Å². The highest BCUT2D eigenvalue weighted by atomic mass is 16.5. The van der Waals surface area contributed by atoms with Gasteiger partial charge in [-0.1, -0.05) is 67.9 Å². The van der Waals surface area contributed by atoms with Gasteiger partial charge in [-0.2, -0.15) is 0 Å². The van der Waals surface area contributed by atoms with Crippen LogP contribution in [0.15, 0.2) is 102 Å². The van der Waals surface area contributed by atoms with Crippen LogP contribution in [0.25, 0.3) is 21.8 Å². The number of fused-ring (bicyclic) bond motifs is 3. The number of aromatic nitrogens is 1. The first-order chi connectivity index (χ1) is 16.3. The van der Waals surface area contributed by atoms with Crippen molar-refractivity contribution in [3.8, 4) is 5.75 Å². The summed E-state index contributed by atoms with van der Waals surface area (Å²) in [6, 6.07) is 33.8. The first-order valence-corrected chi connectivity index (χ1v) is 11.6. The summed E-state index contributed by atoms with van der Waals surface area (Å²) in [5, 5.41) is 2.57. The van der Waals surface area contributed by atoms with Crippen molar-refractivity contribution in [1.29, 1.82) is 0 Å². The maximum Gasteiger partial charge on any atom is 0.119 e. The fourth-order valence-corrected chi connectivity index (χ4v) is 4.44. The molecule has 0 saturated carbocycles. The van der Waals surface area contributed by atoms with Crippen LogP contribution in [0.1, 0.15) is 30.9 Å². The highest BCUT2D eigenvalue weighted by Gasteiger charge is 2.14. The van der Waals surface area contributed by atoms with Crippen molar-refractivity contribution in [1.82, 2.24) is 4.57 Å². The molecule has 4 aromatic carbocycles. The van der Waals surface area contributed by atoms with Gasteiger partial charge in [0.25, 0.3) is 0 Å². The van der Waals surface area contributed by atoms with Crippen LogP contribution in [-0.4, -0.2) is 17.4 Å². The van der Waals surface area contributed by atoms with Crippen molar-refractivity contribution in [3.63, 3.8) is 0 Å². The number of hydrogen-bond donors (Lipinski definition) is 0. The van der Waals surface area contributed by atoms with E-state index in [4.69, 9.17) is 9.73 Å². The van der Waals surface area contributed by atoms with E-state index in [0.29, 0.717) is 0 Å². The first kappa shape index (κ1) is 21.0. The molecule has 164 valence electrons. The summed E-state index contributed by atoms with van der Waals surface area (Å²) < 4.78 is 7.77. The van der Waals surface area contributed by atoms with Crippen LogP contribution in [0.4, 0.5) is 5.69 Å². The van der Waals surface area contributed by atoms with Gasteiger partial charge in [0, 0.05) is 39.5 Å². The normalized spacial score (nSPS) is 11.9. The van der Waals surface area contributed by atoms with Gasteiger partial charge in [-0.25, -0.2) is 4.99 Å². The van der Waals surface area contributed by atoms with Crippen molar-refractivity contribution in [3.05, 3.63) is 108 Å². The number of methoxy groups -OCH3 is 1. The fourth-order valence-electron chi connectivity index (χ4n) is 4.44. The Morgan fingerprint density at radius 2 is 1.48 bits per heavy atom. The zero-order valence-corrected chi connectivity index (χ0v) is 19.2. The van der Waals surface area contributed by atoms with Crippen LogP contribution in [-0.2, 0) is 6.54 Å². The van der Waals surface area contributed by atoms with Crippen molar-refractivity contribution < 1.29 is 4.74 Å². The van der Waals surface area contributed by atoms with Gasteiger partial charge in [-0.05, 0) is 48.9 Å². The number of para-hydroxylation sites is 1. The first-order valence-electron chi connectivity index (χ1n) is 11.6. The summed E-state index contributed by atoms with van der Waals surface area (Å²) in [6.07, 6.45) is 2.35. The SMILES string of the molecule is CCCCn1c2ccccc2c2cc(C(=Nc3ccc(OC)cc3)c3ccccc3)ccc21. The molecule has 0 fully saturated rings. The number of benzene rings is 4. The van der Waals surface area contributed by atoms with E-state index in [2.05, 4.69) is 78.2 Å². The molecule has 0 aliphatic heterocycles. The molecule has 0 amide bonds. The Kier molecular flexibility index (Phi) is 5.95. The second kappa shape index (κ2) is 9.33. The van der Waals surface area contributed by atoms with Crippen molar-refractivity contribution in [2.45, 2.75) is 26.3 Å². The lowest BCUT2D eigenvalue weighted by atomic mass is 10.00. The summed E-state index contributed by atoms with van der Waals surface area (Å²) in [7, 11) is 1.68. The second-order valence-electron chi connectivity index (χ2n) is 8.28. The van der Waals surface area contributed by atoms with Gasteiger partial charge < -0.3 is 9.30 Å². The highest BCUT2D eigenvalue weighted by molar-refractivity contribution is 6.17. The zero-order valence-electron chi connectivity index (χ0n) is 19.2. The number of aliphatic imine (C=N–C) groups is 1. The van der Waals surface area contributed by atoms with Gasteiger partial charge in [0.2, 0.25) is 0 Å². The van der Waals surface area contributed by atoms with E-state index < -0.39 is 0 Å². The number of rotatable bonds is 7. The Hall–Kier alpha value is -3.85. The van der Waals surface area contributed by atoms with Crippen LogP contribution >= 0.6 is 0 Å². The standard InChI is InChI=1S/C30H28N2O/c1-3-4-20-32-28-13-9-8-12-26(28)27-21-23(14-19-29(27)32)30(22-10-6-5-7-11-22)31-24-15-17-25(33-2)18-16-24/h5-19,21H,3-4,20H2,1-2H3. The molecule has 0 N–H and O–H groups in total. The monoisotopic (exact) mass is 432 g/mol. The van der Waals surface area contributed by atoms with Crippen LogP contribution in [0, 0.1) is 0 Å². The lowest BCUT2D eigenvalue weighted by molar-refractivity contribution is 0.415. The lowest BCUT2D eigenvalue weighted by Gasteiger charge is -2.10. The second-order valence-corrected chi connectivity index (χ2v) is 8.28. The van der Waals surface area contributed by atoms with Gasteiger partial charge in [0.15, 0.2) is 0 Å². The molecule has 0 bridgehead atoms.